The first-order chi connectivity index (χ1) is 27.4. The number of halogens is 1. The Bertz CT molecular complexity index is 2180. The van der Waals surface area contributed by atoms with Crippen molar-refractivity contribution in [3.63, 3.8) is 0 Å². The molecule has 0 radical (unpaired) electrons. The molecule has 0 bridgehead atoms. The monoisotopic (exact) mass is 819 g/mol. The van der Waals surface area contributed by atoms with E-state index in [1.54, 1.807) is 47.1 Å². The van der Waals surface area contributed by atoms with Crippen LogP contribution in [-0.4, -0.2) is 89.4 Å². The molecule has 5 atom stereocenters. The van der Waals surface area contributed by atoms with E-state index in [1.807, 2.05) is 31.2 Å². The number of rotatable bonds is 14. The third-order valence-corrected chi connectivity index (χ3v) is 14.0. The van der Waals surface area contributed by atoms with E-state index in [9.17, 15) is 28.1 Å². The molecule has 302 valence electrons. The molecule has 0 aliphatic carbocycles. The predicted octanol–water partition coefficient (Wildman–Crippen LogP) is 6.42. The van der Waals surface area contributed by atoms with Crippen molar-refractivity contribution in [1.29, 1.82) is 0 Å². The van der Waals surface area contributed by atoms with Crippen LogP contribution < -0.4 is 19.7 Å². The predicted molar refractivity (Wildman–Crippen MR) is 213 cm³/mol. The summed E-state index contributed by atoms with van der Waals surface area (Å²) in [6, 6.07) is 14.9. The number of pyridine rings is 1. The number of nitrogens with zero attached hydrogens (tertiary/aromatic N) is 3. The van der Waals surface area contributed by atoms with Gasteiger partial charge < -0.3 is 29.1 Å². The van der Waals surface area contributed by atoms with Crippen LogP contribution in [0, 0.1) is 5.95 Å². The number of likely N-dealkylation sites (tertiary alicyclic amines) is 1. The van der Waals surface area contributed by atoms with Gasteiger partial charge in [0.2, 0.25) is 17.8 Å². The fourth-order valence-electron chi connectivity index (χ4n) is 7.91. The molecule has 16 heteroatoms. The van der Waals surface area contributed by atoms with Crippen molar-refractivity contribution in [2.45, 2.75) is 88.6 Å². The Balaban J connectivity index is 1.01. The zero-order valence-corrected chi connectivity index (χ0v) is 33.9. The third-order valence-electron chi connectivity index (χ3n) is 10.8. The third kappa shape index (κ3) is 9.00. The Morgan fingerprint density at radius 3 is 2.60 bits per heavy atom. The Morgan fingerprint density at radius 1 is 1.05 bits per heavy atom. The maximum absolute atomic E-state index is 14.3. The molecule has 3 amide bonds. The van der Waals surface area contributed by atoms with E-state index in [-0.39, 0.29) is 42.5 Å². The topological polar surface area (TPSA) is 156 Å². The smallest absolute Gasteiger partial charge is 0.323 e. The Hall–Kier alpha value is -4.85. The largest absolute Gasteiger partial charge is 0.496 e. The molecule has 7 rings (SSSR count). The van der Waals surface area contributed by atoms with Crippen molar-refractivity contribution < 1.29 is 42.1 Å². The fourth-order valence-corrected chi connectivity index (χ4v) is 10.9. The molecule has 3 saturated heterocycles. The summed E-state index contributed by atoms with van der Waals surface area (Å²) < 4.78 is 45.4. The van der Waals surface area contributed by atoms with Gasteiger partial charge in [-0.1, -0.05) is 31.2 Å². The van der Waals surface area contributed by atoms with E-state index in [2.05, 4.69) is 15.4 Å². The summed E-state index contributed by atoms with van der Waals surface area (Å²) in [6.07, 6.45) is 5.28. The minimum atomic E-state index is -3.70. The van der Waals surface area contributed by atoms with Crippen LogP contribution in [0.3, 0.4) is 0 Å². The minimum absolute atomic E-state index is 0.0379. The molecule has 2 aromatic carbocycles. The molecule has 13 nitrogen and oxygen atoms in total. The van der Waals surface area contributed by atoms with Crippen LogP contribution >= 0.6 is 18.9 Å². The number of esters is 1. The number of amides is 3. The normalized spacial score (nSPS) is 21.2. The zero-order chi connectivity index (χ0) is 40.3. The fraction of sp³-hybridized carbons (Fsp3) is 0.439. The van der Waals surface area contributed by atoms with E-state index in [0.29, 0.717) is 54.3 Å². The average Bonchev–Trinajstić information content (AvgIpc) is 3.77. The highest BCUT2D eigenvalue weighted by Gasteiger charge is 2.48. The van der Waals surface area contributed by atoms with Crippen molar-refractivity contribution >= 4 is 52.6 Å². The van der Waals surface area contributed by atoms with Crippen LogP contribution in [0.2, 0.25) is 0 Å². The molecule has 0 spiro atoms. The number of nitrogens with one attached hydrogen (secondary N) is 2. The molecule has 2 N–H and O–H groups in total. The molecule has 2 aromatic heterocycles. The van der Waals surface area contributed by atoms with Gasteiger partial charge in [-0.05, 0) is 86.7 Å². The van der Waals surface area contributed by atoms with Crippen molar-refractivity contribution in [2.24, 2.45) is 0 Å². The van der Waals surface area contributed by atoms with Crippen molar-refractivity contribution in [3.05, 3.63) is 88.8 Å². The van der Waals surface area contributed by atoms with Crippen LogP contribution in [0.4, 0.5) is 4.39 Å². The minimum Gasteiger partial charge on any atom is -0.496 e. The highest BCUT2D eigenvalue weighted by atomic mass is 32.1. The lowest BCUT2D eigenvalue weighted by molar-refractivity contribution is -0.148. The van der Waals surface area contributed by atoms with E-state index in [4.69, 9.17) is 14.0 Å². The first kappa shape index (κ1) is 40.4. The number of fused-ring (bicyclic) bond motifs is 2. The number of aromatic nitrogens is 1. The number of hydrogen-bond donors (Lipinski definition) is 2. The molecule has 57 heavy (non-hydrogen) atoms. The average molecular weight is 820 g/mol. The maximum atomic E-state index is 14.3. The molecule has 3 fully saturated rings. The van der Waals surface area contributed by atoms with Crippen LogP contribution in [0.25, 0.3) is 10.1 Å². The second-order valence-electron chi connectivity index (χ2n) is 14.9. The second-order valence-corrected chi connectivity index (χ2v) is 18.1. The molecule has 0 saturated carbocycles. The van der Waals surface area contributed by atoms with Crippen LogP contribution in [-0.2, 0) is 29.8 Å². The van der Waals surface area contributed by atoms with Gasteiger partial charge in [0.15, 0.2) is 0 Å². The standard InChI is InChI=1S/C41H47FN5O8PS/c1-4-17-54-41(51)25(2)45-56(52,55-30-10-6-5-7-11-30)24-26-13-16-35-27(18-26)19-36(57-35)38(48)44-32-12-8-9-29-14-15-33(47(29)39(32)49)40(50)46-22-28(23-46)31-21-43-37(42)20-34(31)53-3/h5-7,10-11,13,16,18-21,25,28-29,32-33H,4,8-9,12,14-15,17,22-24H2,1-3H3,(H,44,48)(H,45,52)/t25-,29-,32-,33-,56?/m0/s1. The Labute approximate surface area is 334 Å². The molecule has 4 aromatic rings. The van der Waals surface area contributed by atoms with Crippen molar-refractivity contribution in [1.82, 2.24) is 25.2 Å². The Morgan fingerprint density at radius 2 is 1.84 bits per heavy atom. The second kappa shape index (κ2) is 17.3. The SMILES string of the molecule is CCCOC(=O)[C@H](C)NP(=O)(Cc1ccc2sc(C(=O)N[C@H]3CCC[C@H]4CC[C@@H](C(=O)N5CC(c6cnc(F)cc6OC)C5)N4C3=O)cc2c1)Oc1ccccc1. The van der Waals surface area contributed by atoms with Gasteiger partial charge >= 0.3 is 13.5 Å². The van der Waals surface area contributed by atoms with Gasteiger partial charge in [-0.2, -0.15) is 4.39 Å². The van der Waals surface area contributed by atoms with Crippen molar-refractivity contribution in [2.75, 3.05) is 26.8 Å². The van der Waals surface area contributed by atoms with Crippen LogP contribution in [0.1, 0.15) is 79.1 Å². The van der Waals surface area contributed by atoms with Gasteiger partial charge in [0.25, 0.3) is 5.91 Å². The van der Waals surface area contributed by atoms with Gasteiger partial charge in [0, 0.05) is 47.6 Å². The lowest BCUT2D eigenvalue weighted by atomic mass is 9.91. The summed E-state index contributed by atoms with van der Waals surface area (Å²) in [5.74, 6) is -1.19. The summed E-state index contributed by atoms with van der Waals surface area (Å²) in [4.78, 5) is 61.8. The zero-order valence-electron chi connectivity index (χ0n) is 32.1. The first-order valence-corrected chi connectivity index (χ1v) is 22.0. The van der Waals surface area contributed by atoms with Crippen molar-refractivity contribution in [3.8, 4) is 11.5 Å². The maximum Gasteiger partial charge on any atom is 0.323 e. The lowest BCUT2D eigenvalue weighted by Gasteiger charge is -2.42. The summed E-state index contributed by atoms with van der Waals surface area (Å²) >= 11 is 1.28. The molecule has 5 heterocycles. The number of hydrogen-bond acceptors (Lipinski definition) is 10. The number of ether oxygens (including phenoxy) is 2. The number of para-hydroxylation sites is 1. The van der Waals surface area contributed by atoms with E-state index in [0.717, 1.165) is 34.9 Å². The van der Waals surface area contributed by atoms with E-state index in [1.165, 1.54) is 30.7 Å². The van der Waals surface area contributed by atoms with Gasteiger partial charge in [0.05, 0.1) is 24.8 Å². The molecular formula is C41H47FN5O8PS. The number of methoxy groups -OCH3 is 1. The molecular weight excluding hydrogens is 773 g/mol. The summed E-state index contributed by atoms with van der Waals surface area (Å²) in [5, 5.41) is 6.62. The van der Waals surface area contributed by atoms with Gasteiger partial charge in [-0.15, -0.1) is 11.3 Å². The highest BCUT2D eigenvalue weighted by Crippen LogP contribution is 2.47. The number of carbonyl (C=O) groups excluding carboxylic acids is 4. The quantitative estimate of drug-likeness (QED) is 0.0828. The number of benzene rings is 2. The summed E-state index contributed by atoms with van der Waals surface area (Å²) in [6.45, 7) is 4.56. The van der Waals surface area contributed by atoms with Crippen LogP contribution in [0.5, 0.6) is 11.5 Å². The number of thiophene rings is 1. The highest BCUT2D eigenvalue weighted by molar-refractivity contribution is 7.56. The molecule has 3 aliphatic heterocycles. The lowest BCUT2D eigenvalue weighted by Crippen LogP contribution is -2.58. The van der Waals surface area contributed by atoms with Gasteiger partial charge in [-0.3, -0.25) is 23.7 Å². The number of carbonyl (C=O) groups is 4. The molecule has 3 aliphatic rings. The summed E-state index contributed by atoms with van der Waals surface area (Å²) in [5.41, 5.74) is 1.41. The molecule has 1 unspecified atom stereocenters. The first-order valence-electron chi connectivity index (χ1n) is 19.4. The van der Waals surface area contributed by atoms with Gasteiger partial charge in [0.1, 0.15) is 29.6 Å². The van der Waals surface area contributed by atoms with E-state index < -0.39 is 37.6 Å². The van der Waals surface area contributed by atoms with E-state index >= 15 is 0 Å². The summed E-state index contributed by atoms with van der Waals surface area (Å²) in [7, 11) is -2.23. The van der Waals surface area contributed by atoms with Gasteiger partial charge in [-0.25, -0.2) is 10.1 Å². The van der Waals surface area contributed by atoms with Crippen LogP contribution in [0.15, 0.2) is 66.9 Å². The Kier molecular flexibility index (Phi) is 12.3.